The molecule has 1 N–H and O–H groups in total. The Labute approximate surface area is 97.1 Å². The quantitative estimate of drug-likeness (QED) is 0.844. The van der Waals surface area contributed by atoms with E-state index < -0.39 is 0 Å². The third-order valence-electron chi connectivity index (χ3n) is 3.31. The molecule has 16 heavy (non-hydrogen) atoms. The zero-order valence-corrected chi connectivity index (χ0v) is 9.84. The molecule has 0 saturated carbocycles. The summed E-state index contributed by atoms with van der Waals surface area (Å²) in [5.74, 6) is 0. The smallest absolute Gasteiger partial charge is 0.0667 e. The largest absolute Gasteiger partial charge is 0.392 e. The van der Waals surface area contributed by atoms with Gasteiger partial charge in [0.15, 0.2) is 0 Å². The summed E-state index contributed by atoms with van der Waals surface area (Å²) in [6.45, 7) is 3.82. The molecule has 0 aromatic carbocycles. The number of aliphatic hydroxyl groups excluding tert-OH is 1. The predicted molar refractivity (Wildman–Crippen MR) is 64.0 cm³/mol. The van der Waals surface area contributed by atoms with E-state index in [1.54, 1.807) is 0 Å². The first kappa shape index (κ1) is 11.6. The van der Waals surface area contributed by atoms with Crippen LogP contribution >= 0.6 is 0 Å². The lowest BCUT2D eigenvalue weighted by atomic mass is 9.98. The van der Waals surface area contributed by atoms with E-state index in [2.05, 4.69) is 9.88 Å². The lowest BCUT2D eigenvalue weighted by Gasteiger charge is -2.37. The number of hydrogen-bond donors (Lipinski definition) is 1. The van der Waals surface area contributed by atoms with E-state index in [-0.39, 0.29) is 6.10 Å². The molecule has 1 aromatic rings. The minimum Gasteiger partial charge on any atom is -0.392 e. The summed E-state index contributed by atoms with van der Waals surface area (Å²) >= 11 is 0. The number of pyridine rings is 1. The summed E-state index contributed by atoms with van der Waals surface area (Å²) in [7, 11) is 0. The van der Waals surface area contributed by atoms with Crippen LogP contribution in [0, 0.1) is 0 Å². The van der Waals surface area contributed by atoms with Crippen LogP contribution in [-0.2, 0) is 6.54 Å². The summed E-state index contributed by atoms with van der Waals surface area (Å²) in [6.07, 6.45) is 5.15. The fourth-order valence-electron chi connectivity index (χ4n) is 2.46. The van der Waals surface area contributed by atoms with Crippen molar-refractivity contribution in [2.75, 3.05) is 6.54 Å². The van der Waals surface area contributed by atoms with Crippen LogP contribution in [0.2, 0.25) is 0 Å². The molecule has 2 unspecified atom stereocenters. The third kappa shape index (κ3) is 2.80. The normalized spacial score (nSPS) is 24.2. The van der Waals surface area contributed by atoms with Crippen LogP contribution in [0.4, 0.5) is 0 Å². The summed E-state index contributed by atoms with van der Waals surface area (Å²) in [4.78, 5) is 6.70. The van der Waals surface area contributed by atoms with Gasteiger partial charge in [-0.25, -0.2) is 0 Å². The van der Waals surface area contributed by atoms with Crippen molar-refractivity contribution in [3.63, 3.8) is 0 Å². The van der Waals surface area contributed by atoms with Crippen molar-refractivity contribution in [3.05, 3.63) is 30.1 Å². The number of likely N-dealkylation sites (tertiary alicyclic amines) is 1. The van der Waals surface area contributed by atoms with Crippen molar-refractivity contribution in [1.82, 2.24) is 9.88 Å². The fourth-order valence-corrected chi connectivity index (χ4v) is 2.46. The van der Waals surface area contributed by atoms with Gasteiger partial charge in [-0.15, -0.1) is 0 Å². The molecule has 0 bridgehead atoms. The lowest BCUT2D eigenvalue weighted by molar-refractivity contribution is 0.0310. The predicted octanol–water partition coefficient (Wildman–Crippen LogP) is 1.82. The van der Waals surface area contributed by atoms with Gasteiger partial charge in [-0.2, -0.15) is 0 Å². The van der Waals surface area contributed by atoms with Gasteiger partial charge in [0, 0.05) is 18.8 Å². The molecule has 2 rings (SSSR count). The van der Waals surface area contributed by atoms with Gasteiger partial charge in [-0.05, 0) is 38.4 Å². The van der Waals surface area contributed by atoms with Crippen LogP contribution in [0.1, 0.15) is 31.9 Å². The minimum absolute atomic E-state index is 0.246. The maximum Gasteiger partial charge on any atom is 0.0667 e. The van der Waals surface area contributed by atoms with Gasteiger partial charge in [0.2, 0.25) is 0 Å². The van der Waals surface area contributed by atoms with Crippen molar-refractivity contribution in [2.24, 2.45) is 0 Å². The SMILES string of the molecule is CC(O)C1CCCCN1Cc1ccccn1. The number of aromatic nitrogens is 1. The molecule has 1 aliphatic rings. The standard InChI is InChI=1S/C13H20N2O/c1-11(16)13-7-3-5-9-15(13)10-12-6-2-4-8-14-12/h2,4,6,8,11,13,16H,3,5,7,9-10H2,1H3. The first-order chi connectivity index (χ1) is 7.77. The van der Waals surface area contributed by atoms with Crippen molar-refractivity contribution < 1.29 is 5.11 Å². The molecule has 2 heterocycles. The molecular weight excluding hydrogens is 200 g/mol. The first-order valence-corrected chi connectivity index (χ1v) is 6.09. The van der Waals surface area contributed by atoms with Gasteiger partial charge in [-0.1, -0.05) is 12.5 Å². The van der Waals surface area contributed by atoms with E-state index in [1.165, 1.54) is 12.8 Å². The van der Waals surface area contributed by atoms with Crippen LogP contribution in [-0.4, -0.2) is 33.7 Å². The van der Waals surface area contributed by atoms with Gasteiger partial charge in [0.25, 0.3) is 0 Å². The van der Waals surface area contributed by atoms with Crippen LogP contribution in [0.25, 0.3) is 0 Å². The van der Waals surface area contributed by atoms with E-state index >= 15 is 0 Å². The van der Waals surface area contributed by atoms with E-state index in [0.29, 0.717) is 6.04 Å². The molecule has 1 aliphatic heterocycles. The zero-order chi connectivity index (χ0) is 11.4. The van der Waals surface area contributed by atoms with Gasteiger partial charge >= 0.3 is 0 Å². The Morgan fingerprint density at radius 3 is 3.06 bits per heavy atom. The number of hydrogen-bond acceptors (Lipinski definition) is 3. The molecular formula is C13H20N2O. The first-order valence-electron chi connectivity index (χ1n) is 6.09. The summed E-state index contributed by atoms with van der Waals surface area (Å²) in [6, 6.07) is 6.30. The Balaban J connectivity index is 2.01. The molecule has 1 saturated heterocycles. The third-order valence-corrected chi connectivity index (χ3v) is 3.31. The summed E-state index contributed by atoms with van der Waals surface area (Å²) in [5.41, 5.74) is 1.09. The van der Waals surface area contributed by atoms with E-state index in [9.17, 15) is 5.11 Å². The van der Waals surface area contributed by atoms with Crippen LogP contribution < -0.4 is 0 Å². The van der Waals surface area contributed by atoms with E-state index in [4.69, 9.17) is 0 Å². The highest BCUT2D eigenvalue weighted by atomic mass is 16.3. The Hall–Kier alpha value is -0.930. The van der Waals surface area contributed by atoms with Gasteiger partial charge in [-0.3, -0.25) is 9.88 Å². The fraction of sp³-hybridized carbons (Fsp3) is 0.615. The van der Waals surface area contributed by atoms with Crippen LogP contribution in [0.5, 0.6) is 0 Å². The average Bonchev–Trinajstić information content (AvgIpc) is 2.31. The minimum atomic E-state index is -0.246. The molecule has 0 aliphatic carbocycles. The van der Waals surface area contributed by atoms with Crippen LogP contribution in [0.3, 0.4) is 0 Å². The van der Waals surface area contributed by atoms with E-state index in [1.807, 2.05) is 31.3 Å². The second kappa shape index (κ2) is 5.41. The highest BCUT2D eigenvalue weighted by Crippen LogP contribution is 2.21. The molecule has 2 atom stereocenters. The number of piperidine rings is 1. The van der Waals surface area contributed by atoms with Gasteiger partial charge < -0.3 is 5.11 Å². The Kier molecular flexibility index (Phi) is 3.91. The van der Waals surface area contributed by atoms with Crippen molar-refractivity contribution in [2.45, 2.75) is 44.9 Å². The average molecular weight is 220 g/mol. The topological polar surface area (TPSA) is 36.4 Å². The lowest BCUT2D eigenvalue weighted by Crippen LogP contribution is -2.45. The monoisotopic (exact) mass is 220 g/mol. The van der Waals surface area contributed by atoms with Crippen molar-refractivity contribution >= 4 is 0 Å². The molecule has 0 spiro atoms. The van der Waals surface area contributed by atoms with Crippen LogP contribution in [0.15, 0.2) is 24.4 Å². The Morgan fingerprint density at radius 1 is 1.50 bits per heavy atom. The Morgan fingerprint density at radius 2 is 2.38 bits per heavy atom. The highest BCUT2D eigenvalue weighted by Gasteiger charge is 2.26. The zero-order valence-electron chi connectivity index (χ0n) is 9.84. The molecule has 3 nitrogen and oxygen atoms in total. The molecule has 1 fully saturated rings. The number of rotatable bonds is 3. The summed E-state index contributed by atoms with van der Waals surface area (Å²) < 4.78 is 0. The van der Waals surface area contributed by atoms with Crippen molar-refractivity contribution in [1.29, 1.82) is 0 Å². The highest BCUT2D eigenvalue weighted by molar-refractivity contribution is 5.04. The second-order valence-corrected chi connectivity index (χ2v) is 4.60. The summed E-state index contributed by atoms with van der Waals surface area (Å²) in [5, 5.41) is 9.76. The van der Waals surface area contributed by atoms with Gasteiger partial charge in [0.05, 0.1) is 11.8 Å². The number of nitrogens with zero attached hydrogens (tertiary/aromatic N) is 2. The van der Waals surface area contributed by atoms with Gasteiger partial charge in [0.1, 0.15) is 0 Å². The second-order valence-electron chi connectivity index (χ2n) is 4.60. The number of aliphatic hydroxyl groups is 1. The Bertz CT molecular complexity index is 313. The molecule has 0 radical (unpaired) electrons. The molecule has 88 valence electrons. The maximum atomic E-state index is 9.76. The maximum absolute atomic E-state index is 9.76. The molecule has 3 heteroatoms. The molecule has 1 aromatic heterocycles. The molecule has 0 amide bonds. The van der Waals surface area contributed by atoms with Crippen molar-refractivity contribution in [3.8, 4) is 0 Å². The van der Waals surface area contributed by atoms with E-state index in [0.717, 1.165) is 25.2 Å².